The summed E-state index contributed by atoms with van der Waals surface area (Å²) in [5, 5.41) is 0. The first kappa shape index (κ1) is 73.8. The minimum Gasteiger partial charge on any atom is -0.462 e. The lowest BCUT2D eigenvalue weighted by molar-refractivity contribution is -0.167. The summed E-state index contributed by atoms with van der Waals surface area (Å²) in [4.78, 5) is 38.3. The van der Waals surface area contributed by atoms with E-state index in [0.29, 0.717) is 19.3 Å². The van der Waals surface area contributed by atoms with E-state index >= 15 is 0 Å². The van der Waals surface area contributed by atoms with Crippen molar-refractivity contribution in [3.8, 4) is 0 Å². The van der Waals surface area contributed by atoms with Crippen LogP contribution in [0.3, 0.4) is 0 Å². The number of allylic oxidation sites excluding steroid dienone is 20. The summed E-state index contributed by atoms with van der Waals surface area (Å²) < 4.78 is 16.8. The minimum absolute atomic E-state index is 0.119. The summed E-state index contributed by atoms with van der Waals surface area (Å²) in [6.07, 6.45) is 90.9. The van der Waals surface area contributed by atoms with E-state index in [-0.39, 0.29) is 44.0 Å². The molecule has 0 amide bonds. The Labute approximate surface area is 482 Å². The van der Waals surface area contributed by atoms with Crippen molar-refractivity contribution < 1.29 is 28.6 Å². The zero-order chi connectivity index (χ0) is 56.4. The fourth-order valence-electron chi connectivity index (χ4n) is 8.93. The van der Waals surface area contributed by atoms with Gasteiger partial charge in [0, 0.05) is 19.3 Å². The van der Waals surface area contributed by atoms with Crippen LogP contribution in [-0.2, 0) is 28.6 Å². The molecule has 0 radical (unpaired) electrons. The maximum absolute atomic E-state index is 12.9. The van der Waals surface area contributed by atoms with Crippen molar-refractivity contribution in [2.75, 3.05) is 13.2 Å². The largest absolute Gasteiger partial charge is 0.462 e. The van der Waals surface area contributed by atoms with Crippen LogP contribution in [0.4, 0.5) is 0 Å². The fourth-order valence-corrected chi connectivity index (χ4v) is 8.93. The van der Waals surface area contributed by atoms with Crippen molar-refractivity contribution >= 4 is 17.9 Å². The SMILES string of the molecule is CC/C=C\C/C=C\C/C=C\C/C=C\C/C=C\CCCC(=O)OCC(COC(=O)CCCCCCCCCCCCCCCCCCCCCCCCCCCC)OC(=O)CCC/C=C\C/C=C\C/C=C\C/C=C\C/C=C\CC. The molecule has 444 valence electrons. The van der Waals surface area contributed by atoms with Gasteiger partial charge in [-0.25, -0.2) is 0 Å². The van der Waals surface area contributed by atoms with Gasteiger partial charge in [-0.2, -0.15) is 0 Å². The van der Waals surface area contributed by atoms with E-state index in [2.05, 4.69) is 142 Å². The summed E-state index contributed by atoms with van der Waals surface area (Å²) in [7, 11) is 0. The monoisotopic (exact) mass is 1080 g/mol. The summed E-state index contributed by atoms with van der Waals surface area (Å²) in [6.45, 7) is 6.34. The van der Waals surface area contributed by atoms with E-state index in [1.165, 1.54) is 148 Å². The van der Waals surface area contributed by atoms with E-state index < -0.39 is 6.10 Å². The molecule has 1 unspecified atom stereocenters. The Bertz CT molecular complexity index is 1620. The Kier molecular flexibility index (Phi) is 61.8. The molecule has 0 saturated heterocycles. The smallest absolute Gasteiger partial charge is 0.306 e. The van der Waals surface area contributed by atoms with E-state index in [4.69, 9.17) is 14.2 Å². The molecule has 0 bridgehead atoms. The second-order valence-electron chi connectivity index (χ2n) is 21.3. The van der Waals surface area contributed by atoms with Gasteiger partial charge >= 0.3 is 17.9 Å². The first-order valence-electron chi connectivity index (χ1n) is 32.5. The molecule has 6 heteroatoms. The van der Waals surface area contributed by atoms with Gasteiger partial charge in [0.05, 0.1) is 0 Å². The maximum Gasteiger partial charge on any atom is 0.306 e. The molecular formula is C72H120O6. The van der Waals surface area contributed by atoms with Crippen LogP contribution >= 0.6 is 0 Å². The highest BCUT2D eigenvalue weighted by atomic mass is 16.6. The van der Waals surface area contributed by atoms with E-state index in [0.717, 1.165) is 96.3 Å². The lowest BCUT2D eigenvalue weighted by Crippen LogP contribution is -2.30. The van der Waals surface area contributed by atoms with Gasteiger partial charge < -0.3 is 14.2 Å². The fraction of sp³-hybridized carbons (Fsp3) is 0.681. The second-order valence-corrected chi connectivity index (χ2v) is 21.3. The van der Waals surface area contributed by atoms with Gasteiger partial charge in [-0.15, -0.1) is 0 Å². The number of unbranched alkanes of at least 4 members (excludes halogenated alkanes) is 27. The first-order valence-corrected chi connectivity index (χ1v) is 32.5. The number of hydrogen-bond donors (Lipinski definition) is 0. The molecule has 1 atom stereocenters. The van der Waals surface area contributed by atoms with E-state index in [9.17, 15) is 14.4 Å². The van der Waals surface area contributed by atoms with E-state index in [1.807, 2.05) is 0 Å². The molecule has 0 saturated carbocycles. The Morgan fingerprint density at radius 2 is 0.500 bits per heavy atom. The molecule has 78 heavy (non-hydrogen) atoms. The topological polar surface area (TPSA) is 78.9 Å². The van der Waals surface area contributed by atoms with Crippen LogP contribution < -0.4 is 0 Å². The minimum atomic E-state index is -0.834. The summed E-state index contributed by atoms with van der Waals surface area (Å²) in [6, 6.07) is 0. The maximum atomic E-state index is 12.9. The Balaban J connectivity index is 4.41. The van der Waals surface area contributed by atoms with Crippen molar-refractivity contribution in [1.82, 2.24) is 0 Å². The normalized spacial score (nSPS) is 12.9. The molecule has 0 aromatic carbocycles. The van der Waals surface area contributed by atoms with Gasteiger partial charge in [-0.3, -0.25) is 14.4 Å². The zero-order valence-corrected chi connectivity index (χ0v) is 50.9. The van der Waals surface area contributed by atoms with Crippen LogP contribution in [0.15, 0.2) is 122 Å². The summed E-state index contributed by atoms with van der Waals surface area (Å²) in [5.41, 5.74) is 0. The Morgan fingerprint density at radius 1 is 0.269 bits per heavy atom. The van der Waals surface area contributed by atoms with Gasteiger partial charge in [0.2, 0.25) is 0 Å². The molecule has 0 N–H and O–H groups in total. The van der Waals surface area contributed by atoms with Crippen LogP contribution in [0.2, 0.25) is 0 Å². The second kappa shape index (κ2) is 65.3. The zero-order valence-electron chi connectivity index (χ0n) is 50.9. The predicted octanol–water partition coefficient (Wildman–Crippen LogP) is 22.4. The van der Waals surface area contributed by atoms with Crippen molar-refractivity contribution in [3.05, 3.63) is 122 Å². The van der Waals surface area contributed by atoms with Crippen LogP contribution in [-0.4, -0.2) is 37.2 Å². The van der Waals surface area contributed by atoms with Gasteiger partial charge in [0.25, 0.3) is 0 Å². The van der Waals surface area contributed by atoms with Gasteiger partial charge in [-0.1, -0.05) is 303 Å². The van der Waals surface area contributed by atoms with Crippen molar-refractivity contribution in [2.24, 2.45) is 0 Å². The standard InChI is InChI=1S/C72H120O6/c1-4-7-10-13-16-19-22-25-28-31-32-33-34-35-36-37-38-39-42-44-47-50-53-56-59-62-65-71(74)77-68-69(78-72(75)66-63-60-57-54-51-48-45-41-30-27-24-21-18-15-12-9-6-3)67-76-70(73)64-61-58-55-52-49-46-43-40-29-26-23-20-17-14-11-8-5-2/h8-9,11-12,17-18,20-21,26-27,29-30,43,45-46,48,52,54-55,57,69H,4-7,10,13-16,19,22-25,28,31-42,44,47,49-51,53,56,58-68H2,1-3H3/b11-8-,12-9-,20-17-,21-18-,29-26-,30-27-,46-43-,48-45-,55-52-,57-54-. The Hall–Kier alpha value is -4.19. The van der Waals surface area contributed by atoms with Gasteiger partial charge in [0.15, 0.2) is 6.10 Å². The highest BCUT2D eigenvalue weighted by molar-refractivity contribution is 5.71. The van der Waals surface area contributed by atoms with Crippen molar-refractivity contribution in [2.45, 2.75) is 303 Å². The third kappa shape index (κ3) is 62.7. The number of hydrogen-bond acceptors (Lipinski definition) is 6. The number of carbonyl (C=O) groups excluding carboxylic acids is 3. The highest BCUT2D eigenvalue weighted by Gasteiger charge is 2.19. The number of ether oxygens (including phenoxy) is 3. The number of rotatable bonds is 58. The third-order valence-electron chi connectivity index (χ3n) is 13.7. The van der Waals surface area contributed by atoms with Crippen molar-refractivity contribution in [1.29, 1.82) is 0 Å². The third-order valence-corrected chi connectivity index (χ3v) is 13.7. The average Bonchev–Trinajstić information content (AvgIpc) is 3.44. The van der Waals surface area contributed by atoms with Crippen LogP contribution in [0.1, 0.15) is 297 Å². The molecule has 0 aromatic heterocycles. The van der Waals surface area contributed by atoms with Gasteiger partial charge in [0.1, 0.15) is 13.2 Å². The molecule has 0 aliphatic carbocycles. The first-order chi connectivity index (χ1) is 38.5. The van der Waals surface area contributed by atoms with E-state index in [1.54, 1.807) is 0 Å². The lowest BCUT2D eigenvalue weighted by atomic mass is 10.0. The van der Waals surface area contributed by atoms with Crippen LogP contribution in [0.25, 0.3) is 0 Å². The Morgan fingerprint density at radius 3 is 0.782 bits per heavy atom. The predicted molar refractivity (Wildman–Crippen MR) is 339 cm³/mol. The molecule has 0 rings (SSSR count). The summed E-state index contributed by atoms with van der Waals surface area (Å²) in [5.74, 6) is -1.03. The van der Waals surface area contributed by atoms with Crippen LogP contribution in [0.5, 0.6) is 0 Å². The molecule has 0 spiro atoms. The molecule has 6 nitrogen and oxygen atoms in total. The summed E-state index contributed by atoms with van der Waals surface area (Å²) >= 11 is 0. The highest BCUT2D eigenvalue weighted by Crippen LogP contribution is 2.17. The van der Waals surface area contributed by atoms with Gasteiger partial charge in [-0.05, 0) is 96.3 Å². The number of esters is 3. The molecular weight excluding hydrogens is 961 g/mol. The van der Waals surface area contributed by atoms with Crippen molar-refractivity contribution in [3.63, 3.8) is 0 Å². The van der Waals surface area contributed by atoms with Crippen LogP contribution in [0, 0.1) is 0 Å². The molecule has 0 fully saturated rings. The lowest BCUT2D eigenvalue weighted by Gasteiger charge is -2.18. The molecule has 0 aliphatic heterocycles. The average molecular weight is 1080 g/mol. The molecule has 0 heterocycles. The quantitative estimate of drug-likeness (QED) is 0.0261. The number of carbonyl (C=O) groups is 3. The molecule has 0 aliphatic rings. The molecule has 0 aromatic rings.